The van der Waals surface area contributed by atoms with Crippen molar-refractivity contribution in [2.24, 2.45) is 0 Å². The molecule has 1 N–H and O–H groups in total. The number of nitrogens with one attached hydrogen (secondary N) is 1. The zero-order valence-corrected chi connectivity index (χ0v) is 13.2. The van der Waals surface area contributed by atoms with E-state index in [2.05, 4.69) is 10.2 Å². The van der Waals surface area contributed by atoms with Crippen LogP contribution >= 0.6 is 0 Å². The number of hydrogen-bond donors (Lipinski definition) is 1. The molecule has 0 saturated heterocycles. The number of nitro groups is 1. The van der Waals surface area contributed by atoms with E-state index >= 15 is 0 Å². The number of aromatic amines is 1. The van der Waals surface area contributed by atoms with E-state index in [0.29, 0.717) is 27.6 Å². The molecular weight excluding hydrogens is 294 g/mol. The zero-order valence-electron chi connectivity index (χ0n) is 13.2. The van der Waals surface area contributed by atoms with Crippen LogP contribution in [0.1, 0.15) is 19.4 Å². The number of aryl methyl sites for hydroxylation is 1. The summed E-state index contributed by atoms with van der Waals surface area (Å²) in [6.07, 6.45) is 0. The molecule has 118 valence electrons. The Hall–Kier alpha value is -3.02. The van der Waals surface area contributed by atoms with E-state index in [1.807, 2.05) is 13.8 Å². The zero-order chi connectivity index (χ0) is 17.0. The molecule has 3 aromatic rings. The van der Waals surface area contributed by atoms with Crippen molar-refractivity contribution in [3.8, 4) is 11.3 Å². The predicted molar refractivity (Wildman–Crippen MR) is 90.5 cm³/mol. The van der Waals surface area contributed by atoms with Gasteiger partial charge >= 0.3 is 0 Å². The Morgan fingerprint density at radius 3 is 2.39 bits per heavy atom. The van der Waals surface area contributed by atoms with Crippen LogP contribution in [0.25, 0.3) is 22.0 Å². The van der Waals surface area contributed by atoms with Gasteiger partial charge in [-0.25, -0.2) is 5.10 Å². The lowest BCUT2D eigenvalue weighted by atomic mass is 10.0. The molecule has 1 aromatic heterocycles. The number of hydrogen-bond acceptors (Lipinski definition) is 4. The summed E-state index contributed by atoms with van der Waals surface area (Å²) in [7, 11) is 0. The van der Waals surface area contributed by atoms with Crippen molar-refractivity contribution in [2.75, 3.05) is 0 Å². The van der Waals surface area contributed by atoms with Gasteiger partial charge in [0.15, 0.2) is 0 Å². The van der Waals surface area contributed by atoms with Gasteiger partial charge in [0.05, 0.1) is 16.0 Å². The highest BCUT2D eigenvalue weighted by Crippen LogP contribution is 2.28. The highest BCUT2D eigenvalue weighted by molar-refractivity contribution is 5.93. The molecule has 0 fully saturated rings. The van der Waals surface area contributed by atoms with Crippen LogP contribution in [-0.4, -0.2) is 15.1 Å². The van der Waals surface area contributed by atoms with Gasteiger partial charge in [0.2, 0.25) is 0 Å². The van der Waals surface area contributed by atoms with E-state index in [9.17, 15) is 14.9 Å². The molecule has 1 heterocycles. The van der Waals surface area contributed by atoms with Crippen LogP contribution in [0.3, 0.4) is 0 Å². The average molecular weight is 311 g/mol. The topological polar surface area (TPSA) is 88.9 Å². The fourth-order valence-corrected chi connectivity index (χ4v) is 2.29. The molecule has 3 rings (SSSR count). The fourth-order valence-electron chi connectivity index (χ4n) is 2.29. The number of rotatable bonds is 2. The number of nitrogens with zero attached hydrogens (tertiary/aromatic N) is 2. The van der Waals surface area contributed by atoms with Crippen molar-refractivity contribution >= 4 is 16.5 Å². The summed E-state index contributed by atoms with van der Waals surface area (Å²) >= 11 is 0. The van der Waals surface area contributed by atoms with Crippen molar-refractivity contribution in [3.05, 3.63) is 68.5 Å². The number of benzene rings is 2. The molecule has 0 radical (unpaired) electrons. The smallest absolute Gasteiger partial charge is 0.267 e. The molecule has 0 aliphatic rings. The van der Waals surface area contributed by atoms with Crippen LogP contribution in [-0.2, 0) is 0 Å². The van der Waals surface area contributed by atoms with Crippen molar-refractivity contribution < 1.29 is 4.92 Å². The monoisotopic (exact) mass is 311 g/mol. The maximum atomic E-state index is 11.8. The molecule has 0 saturated carbocycles. The van der Waals surface area contributed by atoms with Crippen molar-refractivity contribution in [2.45, 2.75) is 20.8 Å². The van der Waals surface area contributed by atoms with Gasteiger partial charge in [-0.15, -0.1) is 0 Å². The third-order valence-corrected chi connectivity index (χ3v) is 3.38. The fraction of sp³-hybridized carbons (Fsp3) is 0.176. The van der Waals surface area contributed by atoms with Gasteiger partial charge in [0.1, 0.15) is 0 Å². The summed E-state index contributed by atoms with van der Waals surface area (Å²) in [6, 6.07) is 11.9. The number of fused-ring (bicyclic) bond motifs is 1. The van der Waals surface area contributed by atoms with Crippen molar-refractivity contribution in [1.82, 2.24) is 10.2 Å². The second-order valence-electron chi connectivity index (χ2n) is 4.71. The second kappa shape index (κ2) is 6.83. The van der Waals surface area contributed by atoms with E-state index in [4.69, 9.17) is 0 Å². The second-order valence-corrected chi connectivity index (χ2v) is 4.71. The summed E-state index contributed by atoms with van der Waals surface area (Å²) in [5.74, 6) is 0. The molecule has 0 aliphatic heterocycles. The third kappa shape index (κ3) is 3.11. The van der Waals surface area contributed by atoms with Gasteiger partial charge in [-0.05, 0) is 13.0 Å². The van der Waals surface area contributed by atoms with E-state index in [-0.39, 0.29) is 11.2 Å². The van der Waals surface area contributed by atoms with E-state index < -0.39 is 4.92 Å². The standard InChI is InChI=1S/C15H11N3O3.C2H6/c1-9-6-7-10(8-13(9)18(20)21)14-11-4-2-3-5-12(11)15(19)17-16-14;1-2/h2-8H,1H3,(H,17,19);1-2H3. The maximum absolute atomic E-state index is 11.8. The molecule has 0 spiro atoms. The molecule has 0 unspecified atom stereocenters. The number of aromatic nitrogens is 2. The molecule has 2 aromatic carbocycles. The van der Waals surface area contributed by atoms with Crippen LogP contribution in [0.2, 0.25) is 0 Å². The third-order valence-electron chi connectivity index (χ3n) is 3.38. The van der Waals surface area contributed by atoms with Crippen LogP contribution < -0.4 is 5.56 Å². The first-order chi connectivity index (χ1) is 11.1. The van der Waals surface area contributed by atoms with Gasteiger partial charge in [-0.2, -0.15) is 5.10 Å². The minimum absolute atomic E-state index is 0.0320. The van der Waals surface area contributed by atoms with Gasteiger partial charge in [-0.1, -0.05) is 44.2 Å². The summed E-state index contributed by atoms with van der Waals surface area (Å²) < 4.78 is 0. The van der Waals surface area contributed by atoms with Crippen LogP contribution in [0.5, 0.6) is 0 Å². The molecule has 6 heteroatoms. The van der Waals surface area contributed by atoms with Crippen molar-refractivity contribution in [1.29, 1.82) is 0 Å². The number of H-pyrrole nitrogens is 1. The van der Waals surface area contributed by atoms with E-state index in [0.717, 1.165) is 0 Å². The average Bonchev–Trinajstić information content (AvgIpc) is 2.58. The lowest BCUT2D eigenvalue weighted by molar-refractivity contribution is -0.385. The minimum Gasteiger partial charge on any atom is -0.267 e. The highest BCUT2D eigenvalue weighted by atomic mass is 16.6. The van der Waals surface area contributed by atoms with Crippen LogP contribution in [0.4, 0.5) is 5.69 Å². The van der Waals surface area contributed by atoms with Gasteiger partial charge in [-0.3, -0.25) is 14.9 Å². The first-order valence-corrected chi connectivity index (χ1v) is 7.31. The summed E-state index contributed by atoms with van der Waals surface area (Å²) in [4.78, 5) is 22.4. The quantitative estimate of drug-likeness (QED) is 0.575. The van der Waals surface area contributed by atoms with E-state index in [1.165, 1.54) is 6.07 Å². The molecule has 0 bridgehead atoms. The Balaban J connectivity index is 0.000000924. The summed E-state index contributed by atoms with van der Waals surface area (Å²) in [5.41, 5.74) is 1.45. The molecule has 23 heavy (non-hydrogen) atoms. The first kappa shape index (κ1) is 16.4. The largest absolute Gasteiger partial charge is 0.272 e. The van der Waals surface area contributed by atoms with E-state index in [1.54, 1.807) is 43.3 Å². The Kier molecular flexibility index (Phi) is 4.85. The lowest BCUT2D eigenvalue weighted by Crippen LogP contribution is -2.09. The van der Waals surface area contributed by atoms with Crippen molar-refractivity contribution in [3.63, 3.8) is 0 Å². The van der Waals surface area contributed by atoms with Gasteiger partial charge < -0.3 is 0 Å². The molecule has 6 nitrogen and oxygen atoms in total. The molecule has 0 aliphatic carbocycles. The minimum atomic E-state index is -0.424. The summed E-state index contributed by atoms with van der Waals surface area (Å²) in [6.45, 7) is 5.68. The van der Waals surface area contributed by atoms with Crippen LogP contribution in [0, 0.1) is 17.0 Å². The normalized spacial score (nSPS) is 10.0. The summed E-state index contributed by atoms with van der Waals surface area (Å²) in [5, 5.41) is 18.7. The maximum Gasteiger partial charge on any atom is 0.272 e. The molecule has 0 atom stereocenters. The predicted octanol–water partition coefficient (Wildman–Crippen LogP) is 3.83. The molecular formula is C17H17N3O3. The molecule has 0 amide bonds. The van der Waals surface area contributed by atoms with Gasteiger partial charge in [0, 0.05) is 22.6 Å². The number of nitro benzene ring substituents is 1. The highest BCUT2D eigenvalue weighted by Gasteiger charge is 2.14. The first-order valence-electron chi connectivity index (χ1n) is 7.31. The lowest BCUT2D eigenvalue weighted by Gasteiger charge is -2.06. The Bertz CT molecular complexity index is 916. The van der Waals surface area contributed by atoms with Gasteiger partial charge in [0.25, 0.3) is 11.2 Å². The van der Waals surface area contributed by atoms with Crippen LogP contribution in [0.15, 0.2) is 47.3 Å². The SMILES string of the molecule is CC.Cc1ccc(-c2n[nH]c(=O)c3ccccc23)cc1[N+](=O)[O-]. The Labute approximate surface area is 132 Å². The Morgan fingerprint density at radius 2 is 1.74 bits per heavy atom. The Morgan fingerprint density at radius 1 is 1.09 bits per heavy atom.